The number of hydrogen-bond acceptors (Lipinski definition) is 4. The van der Waals surface area contributed by atoms with E-state index in [4.69, 9.17) is 11.6 Å². The second kappa shape index (κ2) is 7.74. The predicted octanol–water partition coefficient (Wildman–Crippen LogP) is 4.26. The molecule has 0 spiro atoms. The molecule has 2 aromatic carbocycles. The quantitative estimate of drug-likeness (QED) is 0.614. The van der Waals surface area contributed by atoms with E-state index in [0.717, 1.165) is 10.4 Å². The van der Waals surface area contributed by atoms with E-state index in [-0.39, 0.29) is 10.5 Å². The molecule has 0 aliphatic carbocycles. The van der Waals surface area contributed by atoms with Crippen molar-refractivity contribution >= 4 is 51.8 Å². The van der Waals surface area contributed by atoms with Gasteiger partial charge in [-0.2, -0.15) is 0 Å². The van der Waals surface area contributed by atoms with Gasteiger partial charge in [0.15, 0.2) is 0 Å². The molecule has 0 fully saturated rings. The Morgan fingerprint density at radius 3 is 2.36 bits per heavy atom. The summed E-state index contributed by atoms with van der Waals surface area (Å²) in [4.78, 5) is 1.43. The molecule has 0 saturated heterocycles. The normalized spacial score (nSPS) is 11.4. The molecule has 0 aliphatic rings. The third-order valence-corrected chi connectivity index (χ3v) is 8.01. The summed E-state index contributed by atoms with van der Waals surface area (Å²) in [6.07, 6.45) is 0. The van der Waals surface area contributed by atoms with Crippen LogP contribution in [0.5, 0.6) is 0 Å². The van der Waals surface area contributed by atoms with E-state index < -0.39 is 10.0 Å². The molecule has 0 bridgehead atoms. The first-order valence-corrected chi connectivity index (χ1v) is 11.1. The van der Waals surface area contributed by atoms with Crippen molar-refractivity contribution in [2.75, 3.05) is 11.4 Å². The number of thiophene rings is 1. The van der Waals surface area contributed by atoms with E-state index in [1.165, 1.54) is 22.7 Å². The van der Waals surface area contributed by atoms with Gasteiger partial charge in [-0.15, -0.1) is 0 Å². The standard InChI is InChI=1S/C20H19BClNO3S2/c1-12-10-18(13(2)9-15(12)22)28(25,26)23(3)16-11-17(27-19(16)20(21)24)14-7-5-4-6-8-14/h4-11,21,24H,1-3H3. The fourth-order valence-corrected chi connectivity index (χ4v) is 5.70. The molecule has 1 heterocycles. The Labute approximate surface area is 175 Å². The summed E-state index contributed by atoms with van der Waals surface area (Å²) in [7, 11) is 1.22. The molecule has 4 nitrogen and oxygen atoms in total. The zero-order chi connectivity index (χ0) is 20.6. The van der Waals surface area contributed by atoms with E-state index in [2.05, 4.69) is 7.49 Å². The molecule has 0 aliphatic heterocycles. The van der Waals surface area contributed by atoms with E-state index in [1.54, 1.807) is 32.0 Å². The predicted molar refractivity (Wildman–Crippen MR) is 119 cm³/mol. The molecular formula is C20H19BClNO3S2. The Kier molecular flexibility index (Phi) is 5.70. The zero-order valence-electron chi connectivity index (χ0n) is 15.7. The van der Waals surface area contributed by atoms with Crippen LogP contribution in [-0.2, 0) is 10.0 Å². The van der Waals surface area contributed by atoms with E-state index in [9.17, 15) is 13.5 Å². The van der Waals surface area contributed by atoms with Crippen molar-refractivity contribution in [1.29, 1.82) is 0 Å². The molecule has 1 aromatic heterocycles. The van der Waals surface area contributed by atoms with E-state index >= 15 is 0 Å². The topological polar surface area (TPSA) is 57.6 Å². The van der Waals surface area contributed by atoms with Crippen molar-refractivity contribution in [2.45, 2.75) is 18.7 Å². The first-order valence-electron chi connectivity index (χ1n) is 8.46. The van der Waals surface area contributed by atoms with Crippen LogP contribution in [0.1, 0.15) is 16.0 Å². The van der Waals surface area contributed by atoms with Crippen molar-refractivity contribution in [3.05, 3.63) is 69.6 Å². The fraction of sp³-hybridized carbons (Fsp3) is 0.150. The number of sulfonamides is 1. The van der Waals surface area contributed by atoms with Crippen molar-refractivity contribution in [3.63, 3.8) is 0 Å². The maximum absolute atomic E-state index is 13.3. The van der Waals surface area contributed by atoms with Crippen LogP contribution in [0.3, 0.4) is 0 Å². The van der Waals surface area contributed by atoms with Crippen LogP contribution >= 0.6 is 22.9 Å². The number of anilines is 1. The number of benzene rings is 2. The van der Waals surface area contributed by atoms with Gasteiger partial charge in [0.2, 0.25) is 0 Å². The first-order chi connectivity index (χ1) is 13.1. The third kappa shape index (κ3) is 3.74. The number of rotatable bonds is 5. The summed E-state index contributed by atoms with van der Waals surface area (Å²) in [6.45, 7) is 3.47. The molecule has 28 heavy (non-hydrogen) atoms. The van der Waals surface area contributed by atoms with Gasteiger partial charge < -0.3 is 0 Å². The molecular weight excluding hydrogens is 413 g/mol. The SMILES string of the molecule is B=C(O)c1sc(-c2ccccc2)cc1N(C)S(=O)(=O)c1cc(C)c(Cl)cc1C. The minimum absolute atomic E-state index is 0.173. The van der Waals surface area contributed by atoms with Crippen LogP contribution in [0.2, 0.25) is 5.02 Å². The summed E-state index contributed by atoms with van der Waals surface area (Å²) in [5, 5.41) is 10.6. The van der Waals surface area contributed by atoms with Gasteiger partial charge in [-0.3, -0.25) is 0 Å². The van der Waals surface area contributed by atoms with Crippen LogP contribution in [-0.4, -0.2) is 33.7 Å². The van der Waals surface area contributed by atoms with Gasteiger partial charge in [0, 0.05) is 0 Å². The summed E-state index contributed by atoms with van der Waals surface area (Å²) >= 11 is 7.41. The summed E-state index contributed by atoms with van der Waals surface area (Å²) in [5.74, 6) is 0. The van der Waals surface area contributed by atoms with E-state index in [0.29, 0.717) is 26.7 Å². The Bertz CT molecular complexity index is 1160. The van der Waals surface area contributed by atoms with Crippen LogP contribution in [0, 0.1) is 13.8 Å². The van der Waals surface area contributed by atoms with Gasteiger partial charge >= 0.3 is 175 Å². The Morgan fingerprint density at radius 2 is 1.75 bits per heavy atom. The number of nitrogens with zero attached hydrogens (tertiary/aromatic N) is 1. The third-order valence-electron chi connectivity index (χ3n) is 4.47. The number of aryl methyl sites for hydroxylation is 2. The Hall–Kier alpha value is -2.09. The number of hydrogen-bond donors (Lipinski definition) is 1. The molecule has 0 atom stereocenters. The van der Waals surface area contributed by atoms with Crippen molar-refractivity contribution < 1.29 is 13.5 Å². The number of aliphatic hydroxyl groups is 1. The molecule has 0 saturated carbocycles. The molecule has 0 unspecified atom stereocenters. The van der Waals surface area contributed by atoms with Crippen molar-refractivity contribution in [1.82, 2.24) is 0 Å². The van der Waals surface area contributed by atoms with Gasteiger partial charge in [-0.05, 0) is 0 Å². The fourth-order valence-electron chi connectivity index (χ4n) is 2.88. The zero-order valence-corrected chi connectivity index (χ0v) is 18.1. The van der Waals surface area contributed by atoms with Crippen LogP contribution in [0.4, 0.5) is 5.69 Å². The van der Waals surface area contributed by atoms with Gasteiger partial charge in [0.1, 0.15) is 0 Å². The monoisotopic (exact) mass is 431 g/mol. The minimum atomic E-state index is -3.86. The average molecular weight is 432 g/mol. The number of halogens is 1. The second-order valence-corrected chi connectivity index (χ2v) is 9.87. The van der Waals surface area contributed by atoms with Crippen molar-refractivity contribution in [2.24, 2.45) is 0 Å². The first kappa shape index (κ1) is 20.6. The second-order valence-electron chi connectivity index (χ2n) is 6.48. The molecule has 8 heteroatoms. The molecule has 0 amide bonds. The molecule has 1 N–H and O–H groups in total. The van der Waals surface area contributed by atoms with E-state index in [1.807, 2.05) is 30.3 Å². The molecule has 0 radical (unpaired) electrons. The Balaban J connectivity index is 2.14. The van der Waals surface area contributed by atoms with Crippen LogP contribution < -0.4 is 4.31 Å². The Morgan fingerprint density at radius 1 is 1.11 bits per heavy atom. The van der Waals surface area contributed by atoms with Gasteiger partial charge in [0.05, 0.1) is 0 Å². The van der Waals surface area contributed by atoms with Crippen LogP contribution in [0.15, 0.2) is 53.4 Å². The number of aliphatic hydroxyl groups excluding tert-OH is 1. The van der Waals surface area contributed by atoms with Gasteiger partial charge in [-0.1, -0.05) is 0 Å². The maximum atomic E-state index is 13.3. The average Bonchev–Trinajstić information content (AvgIpc) is 3.10. The van der Waals surface area contributed by atoms with Gasteiger partial charge in [0.25, 0.3) is 0 Å². The summed E-state index contributed by atoms with van der Waals surface area (Å²) in [5.41, 5.74) is 2.38. The van der Waals surface area contributed by atoms with Crippen molar-refractivity contribution in [3.8, 4) is 10.4 Å². The molecule has 3 aromatic rings. The summed E-state index contributed by atoms with van der Waals surface area (Å²) < 4.78 is 27.8. The van der Waals surface area contributed by atoms with Gasteiger partial charge in [-0.25, -0.2) is 0 Å². The summed E-state index contributed by atoms with van der Waals surface area (Å²) in [6, 6.07) is 14.6. The van der Waals surface area contributed by atoms with Crippen LogP contribution in [0.25, 0.3) is 10.4 Å². The molecule has 3 rings (SSSR count). The molecule has 144 valence electrons.